The summed E-state index contributed by atoms with van der Waals surface area (Å²) in [5, 5.41) is 0.776. The van der Waals surface area contributed by atoms with E-state index in [1.54, 1.807) is 6.92 Å². The lowest BCUT2D eigenvalue weighted by molar-refractivity contribution is -0.131. The van der Waals surface area contributed by atoms with Crippen molar-refractivity contribution in [2.45, 2.75) is 52.5 Å². The molecule has 1 aromatic rings. The molecule has 21 heavy (non-hydrogen) atoms. The van der Waals surface area contributed by atoms with Crippen LogP contribution in [0.25, 0.3) is 0 Å². The van der Waals surface area contributed by atoms with Gasteiger partial charge < -0.3 is 4.90 Å². The van der Waals surface area contributed by atoms with Crippen molar-refractivity contribution in [3.8, 4) is 0 Å². The third-order valence-electron chi connectivity index (χ3n) is 4.66. The predicted octanol–water partition coefficient (Wildman–Crippen LogP) is 4.56. The van der Waals surface area contributed by atoms with Gasteiger partial charge in [-0.05, 0) is 55.2 Å². The summed E-state index contributed by atoms with van der Waals surface area (Å²) in [6.45, 7) is 7.14. The number of hydrogen-bond acceptors (Lipinski definition) is 1. The minimum Gasteiger partial charge on any atom is -0.340 e. The fourth-order valence-corrected chi connectivity index (χ4v) is 3.75. The van der Waals surface area contributed by atoms with Crippen LogP contribution >= 0.6 is 11.6 Å². The number of carbonyl (C=O) groups excluding carboxylic acids is 1. The third kappa shape index (κ3) is 4.47. The van der Waals surface area contributed by atoms with Gasteiger partial charge in [-0.3, -0.25) is 4.79 Å². The Labute approximate surface area is 133 Å². The Balaban J connectivity index is 1.89. The molecular weight excluding hydrogens is 282 g/mol. The van der Waals surface area contributed by atoms with Crippen molar-refractivity contribution in [2.75, 3.05) is 6.54 Å². The highest BCUT2D eigenvalue weighted by atomic mass is 35.5. The number of amides is 1. The van der Waals surface area contributed by atoms with Gasteiger partial charge in [0.2, 0.25) is 5.91 Å². The molecule has 1 amide bonds. The number of nitrogens with zero attached hydrogens (tertiary/aromatic N) is 1. The van der Waals surface area contributed by atoms with Gasteiger partial charge in [-0.15, -0.1) is 0 Å². The first kappa shape index (κ1) is 16.4. The summed E-state index contributed by atoms with van der Waals surface area (Å²) in [7, 11) is 0. The van der Waals surface area contributed by atoms with E-state index in [9.17, 15) is 4.79 Å². The van der Waals surface area contributed by atoms with E-state index in [1.165, 1.54) is 12.0 Å². The number of carbonyl (C=O) groups is 1. The lowest BCUT2D eigenvalue weighted by Crippen LogP contribution is -2.41. The number of aryl methyl sites for hydroxylation is 1. The van der Waals surface area contributed by atoms with Gasteiger partial charge in [-0.25, -0.2) is 0 Å². The summed E-state index contributed by atoms with van der Waals surface area (Å²) in [6.07, 6.45) is 4.41. The van der Waals surface area contributed by atoms with E-state index in [1.807, 2.05) is 12.1 Å². The molecule has 3 atom stereocenters. The van der Waals surface area contributed by atoms with Crippen molar-refractivity contribution >= 4 is 17.5 Å². The van der Waals surface area contributed by atoms with Crippen LogP contribution in [0.4, 0.5) is 0 Å². The van der Waals surface area contributed by atoms with Gasteiger partial charge >= 0.3 is 0 Å². The van der Waals surface area contributed by atoms with Crippen molar-refractivity contribution in [1.82, 2.24) is 4.90 Å². The Bertz CT molecular complexity index is 471. The molecular formula is C18H26ClNO. The molecule has 1 aliphatic rings. The molecule has 1 saturated carbocycles. The van der Waals surface area contributed by atoms with Crippen LogP contribution in [0.5, 0.6) is 0 Å². The third-order valence-corrected chi connectivity index (χ3v) is 4.91. The van der Waals surface area contributed by atoms with E-state index < -0.39 is 0 Å². The van der Waals surface area contributed by atoms with Crippen LogP contribution in [0.15, 0.2) is 24.3 Å². The van der Waals surface area contributed by atoms with E-state index in [2.05, 4.69) is 30.9 Å². The van der Waals surface area contributed by atoms with Crippen LogP contribution in [-0.4, -0.2) is 23.4 Å². The molecule has 116 valence electrons. The number of halogens is 1. The molecule has 0 N–H and O–H groups in total. The second kappa shape index (κ2) is 7.31. The highest BCUT2D eigenvalue weighted by Crippen LogP contribution is 2.34. The molecule has 3 heteroatoms. The highest BCUT2D eigenvalue weighted by molar-refractivity contribution is 6.30. The number of benzene rings is 1. The van der Waals surface area contributed by atoms with Gasteiger partial charge in [0, 0.05) is 24.5 Å². The van der Waals surface area contributed by atoms with Crippen molar-refractivity contribution in [3.63, 3.8) is 0 Å². The fraction of sp³-hybridized carbons (Fsp3) is 0.611. The summed E-state index contributed by atoms with van der Waals surface area (Å²) in [4.78, 5) is 14.1. The molecule has 1 fully saturated rings. The second-order valence-corrected chi connectivity index (χ2v) is 7.00. The summed E-state index contributed by atoms with van der Waals surface area (Å²) in [6, 6.07) is 8.44. The molecule has 0 aromatic heterocycles. The average Bonchev–Trinajstić information content (AvgIpc) is 2.75. The molecule has 0 spiro atoms. The van der Waals surface area contributed by atoms with Crippen LogP contribution in [0, 0.1) is 11.8 Å². The van der Waals surface area contributed by atoms with E-state index in [-0.39, 0.29) is 5.91 Å². The fourth-order valence-electron chi connectivity index (χ4n) is 3.63. The standard InChI is InChI=1S/C18H26ClNO/c1-13-11-14(2)18(12-13)20(15(3)21)10-4-5-16-6-8-17(19)9-7-16/h6-9,13-14,18H,4-5,10-12H2,1-3H3. The van der Waals surface area contributed by atoms with Crippen molar-refractivity contribution in [1.29, 1.82) is 0 Å². The van der Waals surface area contributed by atoms with Crippen molar-refractivity contribution in [2.24, 2.45) is 11.8 Å². The maximum absolute atomic E-state index is 12.0. The zero-order chi connectivity index (χ0) is 15.4. The quantitative estimate of drug-likeness (QED) is 0.781. The molecule has 1 aliphatic carbocycles. The molecule has 0 aliphatic heterocycles. The number of hydrogen-bond donors (Lipinski definition) is 0. The minimum atomic E-state index is 0.219. The Hall–Kier alpha value is -1.02. The molecule has 1 aromatic carbocycles. The van der Waals surface area contributed by atoms with Gasteiger partial charge in [0.15, 0.2) is 0 Å². The average molecular weight is 308 g/mol. The summed E-state index contributed by atoms with van der Waals surface area (Å²) >= 11 is 5.90. The minimum absolute atomic E-state index is 0.219. The SMILES string of the molecule is CC(=O)N(CCCc1ccc(Cl)cc1)C1CC(C)CC1C. The summed E-state index contributed by atoms with van der Waals surface area (Å²) < 4.78 is 0. The van der Waals surface area contributed by atoms with Gasteiger partial charge in [0.25, 0.3) is 0 Å². The first-order valence-corrected chi connectivity index (χ1v) is 8.37. The van der Waals surface area contributed by atoms with Crippen LogP contribution in [0.2, 0.25) is 5.02 Å². The normalized spacial score (nSPS) is 25.0. The molecule has 0 saturated heterocycles. The monoisotopic (exact) mass is 307 g/mol. The van der Waals surface area contributed by atoms with Crippen LogP contribution in [0.1, 0.15) is 45.6 Å². The van der Waals surface area contributed by atoms with Crippen LogP contribution in [0.3, 0.4) is 0 Å². The molecule has 2 rings (SSSR count). The molecule has 2 nitrogen and oxygen atoms in total. The van der Waals surface area contributed by atoms with Gasteiger partial charge in [-0.2, -0.15) is 0 Å². The van der Waals surface area contributed by atoms with Crippen molar-refractivity contribution in [3.05, 3.63) is 34.9 Å². The summed E-state index contributed by atoms with van der Waals surface area (Å²) in [5.41, 5.74) is 1.29. The molecule has 3 unspecified atom stereocenters. The van der Waals surface area contributed by atoms with Crippen LogP contribution in [-0.2, 0) is 11.2 Å². The van der Waals surface area contributed by atoms with E-state index in [4.69, 9.17) is 11.6 Å². The van der Waals surface area contributed by atoms with E-state index in [0.29, 0.717) is 12.0 Å². The first-order valence-electron chi connectivity index (χ1n) is 7.99. The van der Waals surface area contributed by atoms with Crippen LogP contribution < -0.4 is 0 Å². The van der Waals surface area contributed by atoms with Gasteiger partial charge in [-0.1, -0.05) is 37.6 Å². The molecule has 0 bridgehead atoms. The van der Waals surface area contributed by atoms with Gasteiger partial charge in [0.05, 0.1) is 0 Å². The second-order valence-electron chi connectivity index (χ2n) is 6.56. The lowest BCUT2D eigenvalue weighted by atomic mass is 10.0. The zero-order valence-corrected chi connectivity index (χ0v) is 14.1. The summed E-state index contributed by atoms with van der Waals surface area (Å²) in [5.74, 6) is 1.58. The van der Waals surface area contributed by atoms with E-state index in [0.717, 1.165) is 36.7 Å². The highest BCUT2D eigenvalue weighted by Gasteiger charge is 2.33. The maximum atomic E-state index is 12.0. The Kier molecular flexibility index (Phi) is 5.69. The predicted molar refractivity (Wildman–Crippen MR) is 88.5 cm³/mol. The molecule has 0 radical (unpaired) electrons. The lowest BCUT2D eigenvalue weighted by Gasteiger charge is -2.31. The molecule has 0 heterocycles. The largest absolute Gasteiger partial charge is 0.340 e. The number of rotatable bonds is 5. The first-order chi connectivity index (χ1) is 9.97. The maximum Gasteiger partial charge on any atom is 0.219 e. The zero-order valence-electron chi connectivity index (χ0n) is 13.3. The Morgan fingerprint density at radius 2 is 1.90 bits per heavy atom. The van der Waals surface area contributed by atoms with Gasteiger partial charge in [0.1, 0.15) is 0 Å². The Morgan fingerprint density at radius 3 is 2.43 bits per heavy atom. The topological polar surface area (TPSA) is 20.3 Å². The van der Waals surface area contributed by atoms with E-state index >= 15 is 0 Å². The van der Waals surface area contributed by atoms with Crippen molar-refractivity contribution < 1.29 is 4.79 Å². The smallest absolute Gasteiger partial charge is 0.219 e. The Morgan fingerprint density at radius 1 is 1.24 bits per heavy atom.